The summed E-state index contributed by atoms with van der Waals surface area (Å²) in [5.74, 6) is -5.09. The van der Waals surface area contributed by atoms with Crippen LogP contribution in [0.4, 0.5) is 17.6 Å². The molecule has 17 heteroatoms. The molecule has 2 heterocycles. The molecule has 328 valence electrons. The molecular weight excluding hydrogens is 829 g/mol. The minimum Gasteiger partial charge on any atom is -0.477 e. The molecule has 0 aliphatic carbocycles. The van der Waals surface area contributed by atoms with Crippen LogP contribution in [0.1, 0.15) is 80.3 Å². The molecule has 0 bridgehead atoms. The fourth-order valence-electron chi connectivity index (χ4n) is 5.28. The number of amides is 1. The molecule has 0 unspecified atom stereocenters. The quantitative estimate of drug-likeness (QED) is 0.0829. The number of hydrogen-bond donors (Lipinski definition) is 3. The number of nitrogens with two attached hydrogens (primary N) is 1. The van der Waals surface area contributed by atoms with Crippen molar-refractivity contribution >= 4 is 23.8 Å². The molecule has 0 aliphatic heterocycles. The third-order valence-corrected chi connectivity index (χ3v) is 8.67. The number of rotatable bonds is 11. The lowest BCUT2D eigenvalue weighted by Gasteiger charge is -2.27. The van der Waals surface area contributed by atoms with Crippen LogP contribution >= 0.6 is 0 Å². The Balaban J connectivity index is 0.000000230. The monoisotopic (exact) mass is 870 g/mol. The number of ether oxygens (including phenoxy) is 4. The zero-order valence-corrected chi connectivity index (χ0v) is 34.7. The minimum atomic E-state index is -1.36. The van der Waals surface area contributed by atoms with Gasteiger partial charge in [0.15, 0.2) is 0 Å². The van der Waals surface area contributed by atoms with E-state index >= 15 is 0 Å². The highest BCUT2D eigenvalue weighted by Crippen LogP contribution is 2.28. The first-order valence-electron chi connectivity index (χ1n) is 18.6. The molecule has 0 saturated carbocycles. The van der Waals surface area contributed by atoms with E-state index in [0.29, 0.717) is 16.7 Å². The van der Waals surface area contributed by atoms with Crippen molar-refractivity contribution in [2.75, 3.05) is 14.2 Å². The second kappa shape index (κ2) is 21.2. The number of hydrogen-bond acceptors (Lipinski definition) is 11. The van der Waals surface area contributed by atoms with Gasteiger partial charge < -0.3 is 35.1 Å². The highest BCUT2D eigenvalue weighted by Gasteiger charge is 2.27. The van der Waals surface area contributed by atoms with E-state index in [9.17, 15) is 36.7 Å². The first kappa shape index (κ1) is 48.0. The van der Waals surface area contributed by atoms with Gasteiger partial charge in [0.05, 0.1) is 43.3 Å². The van der Waals surface area contributed by atoms with Crippen LogP contribution in [0.5, 0.6) is 23.3 Å². The summed E-state index contributed by atoms with van der Waals surface area (Å²) < 4.78 is 72.5. The van der Waals surface area contributed by atoms with Gasteiger partial charge in [-0.25, -0.2) is 41.9 Å². The zero-order valence-electron chi connectivity index (χ0n) is 34.7. The predicted molar refractivity (Wildman–Crippen MR) is 222 cm³/mol. The van der Waals surface area contributed by atoms with Gasteiger partial charge in [-0.1, -0.05) is 24.3 Å². The molecule has 1 amide bonds. The van der Waals surface area contributed by atoms with Gasteiger partial charge in [-0.15, -0.1) is 0 Å². The molecule has 0 spiro atoms. The zero-order chi connectivity index (χ0) is 46.5. The van der Waals surface area contributed by atoms with Crippen molar-refractivity contribution in [1.82, 2.24) is 15.3 Å². The van der Waals surface area contributed by atoms with Crippen LogP contribution in [-0.4, -0.2) is 53.1 Å². The Bertz CT molecular complexity index is 2530. The number of methoxy groups -OCH3 is 2. The third-order valence-electron chi connectivity index (χ3n) is 8.67. The largest absolute Gasteiger partial charge is 0.477 e. The van der Waals surface area contributed by atoms with E-state index in [-0.39, 0.29) is 40.3 Å². The van der Waals surface area contributed by atoms with Crippen molar-refractivity contribution in [3.05, 3.63) is 178 Å². The van der Waals surface area contributed by atoms with Crippen molar-refractivity contribution in [1.29, 1.82) is 0 Å². The molecule has 0 fully saturated rings. The van der Waals surface area contributed by atoms with E-state index in [4.69, 9.17) is 20.3 Å². The maximum absolute atomic E-state index is 13.8. The predicted octanol–water partition coefficient (Wildman–Crippen LogP) is 9.12. The fourth-order valence-corrected chi connectivity index (χ4v) is 5.28. The number of halogens is 4. The molecular formula is C46H42F4N4O9. The average Bonchev–Trinajstić information content (AvgIpc) is 3.26. The standard InChI is InChI=1S/C23H20F2N2O4.C12H7F2NO3.C11H15NO2/c1-23(2,15-6-4-14(5-7-15)22(29)30-3)27-20(28)19-12-17(25)13-26-21(19)31-18-10-8-16(24)9-11-18;13-7-1-3-9(4-2-7)18-11-10(12(16)17)5-8(14)6-15-11;1-11(2,12)9-6-4-8(5-7-9)10(13)14-3/h4-13H,1-3H3,(H,27,28);1-6H,(H,16,17);4-7H,12H2,1-3H3. The van der Waals surface area contributed by atoms with Crippen molar-refractivity contribution in [2.45, 2.75) is 38.8 Å². The van der Waals surface area contributed by atoms with Gasteiger partial charge >= 0.3 is 17.9 Å². The Labute approximate surface area is 359 Å². The number of carboxylic acid groups (broad SMARTS) is 1. The van der Waals surface area contributed by atoms with Gasteiger partial charge in [0.2, 0.25) is 11.8 Å². The summed E-state index contributed by atoms with van der Waals surface area (Å²) in [6, 6.07) is 25.5. The second-order valence-corrected chi connectivity index (χ2v) is 14.4. The van der Waals surface area contributed by atoms with Crippen LogP contribution in [0.2, 0.25) is 0 Å². The highest BCUT2D eigenvalue weighted by molar-refractivity contribution is 5.97. The molecule has 2 aromatic heterocycles. The minimum absolute atomic E-state index is 0.122. The highest BCUT2D eigenvalue weighted by atomic mass is 19.1. The summed E-state index contributed by atoms with van der Waals surface area (Å²) >= 11 is 0. The number of carbonyl (C=O) groups excluding carboxylic acids is 3. The molecule has 63 heavy (non-hydrogen) atoms. The first-order chi connectivity index (χ1) is 29.7. The van der Waals surface area contributed by atoms with Gasteiger partial charge in [0.1, 0.15) is 45.9 Å². The lowest BCUT2D eigenvalue weighted by molar-refractivity contribution is 0.0592. The van der Waals surface area contributed by atoms with Crippen LogP contribution in [0.15, 0.2) is 122 Å². The van der Waals surface area contributed by atoms with Crippen LogP contribution in [0, 0.1) is 23.3 Å². The lowest BCUT2D eigenvalue weighted by atomic mass is 9.93. The number of pyridine rings is 2. The van der Waals surface area contributed by atoms with Gasteiger partial charge in [-0.2, -0.15) is 0 Å². The van der Waals surface area contributed by atoms with Crippen molar-refractivity contribution in [3.8, 4) is 23.3 Å². The summed E-state index contributed by atoms with van der Waals surface area (Å²) in [7, 11) is 2.65. The smallest absolute Gasteiger partial charge is 0.341 e. The van der Waals surface area contributed by atoms with Gasteiger partial charge in [0.25, 0.3) is 5.91 Å². The van der Waals surface area contributed by atoms with E-state index in [1.54, 1.807) is 50.2 Å². The number of carbonyl (C=O) groups is 4. The van der Waals surface area contributed by atoms with Crippen molar-refractivity contribution < 1.29 is 60.8 Å². The molecule has 0 saturated heterocycles. The van der Waals surface area contributed by atoms with Crippen LogP contribution in [-0.2, 0) is 20.6 Å². The second-order valence-electron chi connectivity index (χ2n) is 14.4. The lowest BCUT2D eigenvalue weighted by Crippen LogP contribution is -2.41. The van der Waals surface area contributed by atoms with E-state index in [0.717, 1.165) is 42.2 Å². The number of aromatic nitrogens is 2. The Morgan fingerprint density at radius 1 is 0.571 bits per heavy atom. The summed E-state index contributed by atoms with van der Waals surface area (Å²) in [5.41, 5.74) is 6.74. The Morgan fingerprint density at radius 3 is 1.33 bits per heavy atom. The number of aromatic carboxylic acids is 1. The van der Waals surface area contributed by atoms with Gasteiger partial charge in [0, 0.05) is 5.54 Å². The number of esters is 2. The fraction of sp³-hybridized carbons (Fsp3) is 0.174. The maximum Gasteiger partial charge on any atom is 0.341 e. The average molecular weight is 871 g/mol. The summed E-state index contributed by atoms with van der Waals surface area (Å²) in [4.78, 5) is 53.9. The Morgan fingerprint density at radius 2 is 0.952 bits per heavy atom. The summed E-state index contributed by atoms with van der Waals surface area (Å²) in [5, 5.41) is 11.7. The van der Waals surface area contributed by atoms with Crippen molar-refractivity contribution in [2.24, 2.45) is 5.73 Å². The molecule has 13 nitrogen and oxygen atoms in total. The molecule has 0 atom stereocenters. The SMILES string of the molecule is COC(=O)c1ccc(C(C)(C)N)cc1.COC(=O)c1ccc(C(C)(C)NC(=O)c2cc(F)cnc2Oc2ccc(F)cc2)cc1.O=C(O)c1cc(F)cnc1Oc1ccc(F)cc1. The van der Waals surface area contributed by atoms with Crippen LogP contribution in [0.3, 0.4) is 0 Å². The number of nitrogens with one attached hydrogen (secondary N) is 1. The molecule has 0 radical (unpaired) electrons. The van der Waals surface area contributed by atoms with Gasteiger partial charge in [-0.05, 0) is 124 Å². The molecule has 6 aromatic rings. The molecule has 4 N–H and O–H groups in total. The molecule has 0 aliphatic rings. The Hall–Kier alpha value is -7.66. The normalized spacial score (nSPS) is 10.8. The van der Waals surface area contributed by atoms with Crippen molar-refractivity contribution in [3.63, 3.8) is 0 Å². The van der Waals surface area contributed by atoms with Crippen LogP contribution in [0.25, 0.3) is 0 Å². The molecule has 6 rings (SSSR count). The first-order valence-corrected chi connectivity index (χ1v) is 18.6. The Kier molecular flexibility index (Phi) is 16.2. The summed E-state index contributed by atoms with van der Waals surface area (Å²) in [6.45, 7) is 7.34. The van der Waals surface area contributed by atoms with E-state index < -0.39 is 52.2 Å². The summed E-state index contributed by atoms with van der Waals surface area (Å²) in [6.07, 6.45) is 1.76. The number of benzene rings is 4. The van der Waals surface area contributed by atoms with Gasteiger partial charge in [-0.3, -0.25) is 4.79 Å². The molecule has 4 aromatic carbocycles. The number of nitrogens with zero attached hydrogens (tertiary/aromatic N) is 2. The topological polar surface area (TPSA) is 189 Å². The van der Waals surface area contributed by atoms with E-state index in [1.165, 1.54) is 50.6 Å². The van der Waals surface area contributed by atoms with Crippen LogP contribution < -0.4 is 20.5 Å². The maximum atomic E-state index is 13.8. The number of carboxylic acids is 1. The van der Waals surface area contributed by atoms with E-state index in [1.807, 2.05) is 26.0 Å². The van der Waals surface area contributed by atoms with E-state index in [2.05, 4.69) is 24.8 Å². The third kappa shape index (κ3) is 13.9.